The van der Waals surface area contributed by atoms with Gasteiger partial charge < -0.3 is 50.8 Å². The summed E-state index contributed by atoms with van der Waals surface area (Å²) in [6.45, 7) is -0.860. The van der Waals surface area contributed by atoms with Crippen LogP contribution >= 0.6 is 0 Å². The molecule has 2 aliphatic heterocycles. The number of aromatic nitrogens is 7. The fourth-order valence-corrected chi connectivity index (χ4v) is 3.77. The van der Waals surface area contributed by atoms with Crippen LogP contribution in [0.2, 0.25) is 0 Å². The minimum Gasteiger partial charge on any atom is -0.394 e. The van der Waals surface area contributed by atoms with Gasteiger partial charge >= 0.3 is 0 Å². The van der Waals surface area contributed by atoms with Crippen LogP contribution in [0.5, 0.6) is 0 Å². The van der Waals surface area contributed by atoms with E-state index in [2.05, 4.69) is 25.0 Å². The number of amides is 1. The Kier molecular flexibility index (Phi) is 7.38. The molecule has 0 bridgehead atoms. The SMILES string of the molecule is NC(=O)c1ncn([C@@H]2O[C@H](CO)[C@@H](O)[C@H]2O)n1.O=c1[nH]cnc2c1ncn2[C@@H]1O[C@H](CO)[C@@H](O)[C@H]1O. The number of hydrogen-bond acceptors (Lipinski definition) is 14. The maximum atomic E-state index is 11.5. The predicted octanol–water partition coefficient (Wildman–Crippen LogP) is -5.28. The van der Waals surface area contributed by atoms with Gasteiger partial charge in [-0.2, -0.15) is 0 Å². The molecule has 18 heteroatoms. The van der Waals surface area contributed by atoms with E-state index in [1.165, 1.54) is 17.2 Å². The van der Waals surface area contributed by atoms with Gasteiger partial charge in [-0.05, 0) is 0 Å². The van der Waals surface area contributed by atoms with Crippen LogP contribution in [0.1, 0.15) is 23.1 Å². The second-order valence-electron chi connectivity index (χ2n) is 7.93. The predicted molar refractivity (Wildman–Crippen MR) is 113 cm³/mol. The van der Waals surface area contributed by atoms with Crippen molar-refractivity contribution in [3.8, 4) is 0 Å². The van der Waals surface area contributed by atoms with Gasteiger partial charge in [-0.1, -0.05) is 0 Å². The zero-order valence-electron chi connectivity index (χ0n) is 18.3. The number of ether oxygens (including phenoxy) is 2. The van der Waals surface area contributed by atoms with E-state index in [0.29, 0.717) is 0 Å². The summed E-state index contributed by atoms with van der Waals surface area (Å²) in [5.41, 5.74) is 4.91. The number of imidazole rings is 1. The highest BCUT2D eigenvalue weighted by Gasteiger charge is 2.45. The van der Waals surface area contributed by atoms with E-state index in [1.807, 2.05) is 0 Å². The first-order chi connectivity index (χ1) is 17.2. The van der Waals surface area contributed by atoms with Crippen LogP contribution in [0, 0.1) is 0 Å². The van der Waals surface area contributed by atoms with Gasteiger partial charge in [0.15, 0.2) is 23.6 Å². The van der Waals surface area contributed by atoms with Gasteiger partial charge in [-0.15, -0.1) is 5.10 Å². The summed E-state index contributed by atoms with van der Waals surface area (Å²) in [4.78, 5) is 36.2. The molecule has 2 fully saturated rings. The molecule has 9 N–H and O–H groups in total. The standard InChI is InChI=1S/C10H12N4O5.C8H12N4O5/c15-1-4-6(16)7(17)10(19-4)14-3-13-5-8(14)11-2-12-9(5)18;9-6(16)7-10-2-12(11-7)8-5(15)4(14)3(1-13)17-8/h2-4,6-7,10,15-17H,1H2,(H,11,12,18);2-5,8,13-15H,1H2,(H2,9,16)/t4-,6-,7-,10-;3-,4-,5-,8-/m11/s1. The molecule has 0 unspecified atom stereocenters. The summed E-state index contributed by atoms with van der Waals surface area (Å²) >= 11 is 0. The zero-order valence-corrected chi connectivity index (χ0v) is 18.3. The second-order valence-corrected chi connectivity index (χ2v) is 7.93. The van der Waals surface area contributed by atoms with Crippen molar-refractivity contribution in [1.82, 2.24) is 34.3 Å². The third kappa shape index (κ3) is 4.58. The van der Waals surface area contributed by atoms with Crippen LogP contribution in [0.25, 0.3) is 11.2 Å². The minimum atomic E-state index is -1.27. The Bertz CT molecular complexity index is 1260. The smallest absolute Gasteiger partial charge is 0.288 e. The van der Waals surface area contributed by atoms with E-state index in [1.54, 1.807) is 0 Å². The van der Waals surface area contributed by atoms with Crippen molar-refractivity contribution in [3.05, 3.63) is 35.2 Å². The lowest BCUT2D eigenvalue weighted by Gasteiger charge is -2.16. The number of aliphatic hydroxyl groups excluding tert-OH is 6. The van der Waals surface area contributed by atoms with E-state index in [9.17, 15) is 30.0 Å². The van der Waals surface area contributed by atoms with Crippen LogP contribution in [-0.2, 0) is 9.47 Å². The summed E-state index contributed by atoms with van der Waals surface area (Å²) < 4.78 is 12.9. The molecule has 2 saturated heterocycles. The van der Waals surface area contributed by atoms with Crippen molar-refractivity contribution in [3.63, 3.8) is 0 Å². The maximum absolute atomic E-state index is 11.5. The Morgan fingerprint density at radius 2 is 1.56 bits per heavy atom. The van der Waals surface area contributed by atoms with E-state index in [0.717, 1.165) is 11.0 Å². The number of carbonyl (C=O) groups is 1. The van der Waals surface area contributed by atoms with E-state index >= 15 is 0 Å². The van der Waals surface area contributed by atoms with Gasteiger partial charge in [-0.3, -0.25) is 14.2 Å². The molecular formula is C18H24N8O10. The van der Waals surface area contributed by atoms with Crippen molar-refractivity contribution >= 4 is 17.1 Å². The van der Waals surface area contributed by atoms with E-state index in [4.69, 9.17) is 25.4 Å². The molecule has 0 saturated carbocycles. The molecule has 3 aromatic rings. The van der Waals surface area contributed by atoms with Gasteiger partial charge in [0, 0.05) is 0 Å². The van der Waals surface area contributed by atoms with Crippen LogP contribution in [0.4, 0.5) is 0 Å². The second kappa shape index (κ2) is 10.3. The van der Waals surface area contributed by atoms with E-state index < -0.39 is 73.8 Å². The summed E-state index contributed by atoms with van der Waals surface area (Å²) in [7, 11) is 0. The lowest BCUT2D eigenvalue weighted by molar-refractivity contribution is -0.0588. The fourth-order valence-electron chi connectivity index (χ4n) is 3.77. The van der Waals surface area contributed by atoms with Crippen molar-refractivity contribution in [2.75, 3.05) is 13.2 Å². The van der Waals surface area contributed by atoms with Gasteiger partial charge in [0.25, 0.3) is 11.5 Å². The topological polar surface area (TPSA) is 277 Å². The Labute approximate surface area is 200 Å². The van der Waals surface area contributed by atoms with Gasteiger partial charge in [0.05, 0.1) is 25.9 Å². The molecule has 5 heterocycles. The van der Waals surface area contributed by atoms with Crippen LogP contribution < -0.4 is 11.3 Å². The third-order valence-corrected chi connectivity index (χ3v) is 5.66. The molecule has 5 rings (SSSR count). The molecule has 8 atom stereocenters. The molecule has 3 aromatic heterocycles. The molecule has 0 aliphatic carbocycles. The van der Waals surface area contributed by atoms with Crippen molar-refractivity contribution in [2.45, 2.75) is 49.1 Å². The number of rotatable bonds is 5. The third-order valence-electron chi connectivity index (χ3n) is 5.66. The Balaban J connectivity index is 0.000000170. The van der Waals surface area contributed by atoms with Gasteiger partial charge in [-0.25, -0.2) is 19.6 Å². The Morgan fingerprint density at radius 1 is 0.944 bits per heavy atom. The fraction of sp³-hybridized carbons (Fsp3) is 0.556. The quantitative estimate of drug-likeness (QED) is 0.159. The number of nitrogens with one attached hydrogen (secondary N) is 1. The highest BCUT2D eigenvalue weighted by Crippen LogP contribution is 2.30. The molecule has 2 aliphatic rings. The summed E-state index contributed by atoms with van der Waals surface area (Å²) in [6.07, 6.45) is -5.05. The number of nitrogens with two attached hydrogens (primary N) is 1. The first-order valence-electron chi connectivity index (χ1n) is 10.5. The molecule has 0 aromatic carbocycles. The largest absolute Gasteiger partial charge is 0.394 e. The summed E-state index contributed by atoms with van der Waals surface area (Å²) in [6, 6.07) is 0. The van der Waals surface area contributed by atoms with E-state index in [-0.39, 0.29) is 17.0 Å². The highest BCUT2D eigenvalue weighted by atomic mass is 16.6. The van der Waals surface area contributed by atoms with Crippen molar-refractivity contribution in [2.24, 2.45) is 5.73 Å². The molecule has 0 spiro atoms. The Morgan fingerprint density at radius 3 is 2.11 bits per heavy atom. The zero-order chi connectivity index (χ0) is 26.1. The number of primary amides is 1. The van der Waals surface area contributed by atoms with Crippen LogP contribution in [0.15, 0.2) is 23.8 Å². The lowest BCUT2D eigenvalue weighted by atomic mass is 10.1. The number of H-pyrrole nitrogens is 1. The lowest BCUT2D eigenvalue weighted by Crippen LogP contribution is -2.33. The summed E-state index contributed by atoms with van der Waals surface area (Å²) in [5, 5.41) is 60.4. The molecule has 1 amide bonds. The van der Waals surface area contributed by atoms with Crippen LogP contribution in [-0.4, -0.2) is 121 Å². The Hall–Kier alpha value is -3.36. The molecule has 0 radical (unpaired) electrons. The molecule has 36 heavy (non-hydrogen) atoms. The minimum absolute atomic E-state index is 0.111. The van der Waals surface area contributed by atoms with Crippen molar-refractivity contribution in [1.29, 1.82) is 0 Å². The van der Waals surface area contributed by atoms with Gasteiger partial charge in [0.1, 0.15) is 43.0 Å². The number of carbonyl (C=O) groups excluding carboxylic acids is 1. The van der Waals surface area contributed by atoms with Crippen LogP contribution in [0.3, 0.4) is 0 Å². The first-order valence-corrected chi connectivity index (χ1v) is 10.5. The first kappa shape index (κ1) is 25.7. The highest BCUT2D eigenvalue weighted by molar-refractivity contribution is 5.88. The van der Waals surface area contributed by atoms with Gasteiger partial charge in [0.2, 0.25) is 5.82 Å². The normalized spacial score (nSPS) is 31.9. The molecule has 18 nitrogen and oxygen atoms in total. The number of aromatic amines is 1. The number of aliphatic hydroxyl groups is 6. The number of nitrogens with zero attached hydrogens (tertiary/aromatic N) is 6. The van der Waals surface area contributed by atoms with Crippen molar-refractivity contribution < 1.29 is 44.9 Å². The number of fused-ring (bicyclic) bond motifs is 1. The number of hydrogen-bond donors (Lipinski definition) is 8. The maximum Gasteiger partial charge on any atom is 0.288 e. The summed E-state index contributed by atoms with van der Waals surface area (Å²) in [5.74, 6) is -1.03. The average molecular weight is 512 g/mol. The monoisotopic (exact) mass is 512 g/mol. The average Bonchev–Trinajstić information content (AvgIpc) is 3.63. The molecule has 196 valence electrons. The molecular weight excluding hydrogens is 488 g/mol.